The summed E-state index contributed by atoms with van der Waals surface area (Å²) in [5.74, 6) is 0. The molecule has 0 saturated carbocycles. The molecular weight excluding hydrogens is 280 g/mol. The molecule has 1 heterocycles. The molecule has 5 heteroatoms. The summed E-state index contributed by atoms with van der Waals surface area (Å²) in [6, 6.07) is 7.88. The van der Waals surface area contributed by atoms with Crippen LogP contribution in [0.4, 0.5) is 4.79 Å². The third kappa shape index (κ3) is 5.00. The minimum Gasteiger partial charge on any atom is -0.391 e. The number of carbonyl (C=O) groups is 1. The summed E-state index contributed by atoms with van der Waals surface area (Å²) in [6.07, 6.45) is 2.24. The number of β-amino-alcohol motifs (C(OH)–C–C–N with tert-alkyl or cyclic N) is 1. The second kappa shape index (κ2) is 8.76. The molecule has 1 unspecified atom stereocenters. The first kappa shape index (κ1) is 16.8. The number of nitrogens with one attached hydrogen (secondary N) is 1. The average molecular weight is 306 g/mol. The van der Waals surface area contributed by atoms with Crippen LogP contribution in [0.3, 0.4) is 0 Å². The summed E-state index contributed by atoms with van der Waals surface area (Å²) in [5.41, 5.74) is 2.18. The maximum atomic E-state index is 12.2. The zero-order valence-electron chi connectivity index (χ0n) is 13.3. The number of nitrogens with zero attached hydrogens (tertiary/aromatic N) is 1. The van der Waals surface area contributed by atoms with Gasteiger partial charge in [-0.1, -0.05) is 31.2 Å². The van der Waals surface area contributed by atoms with E-state index in [9.17, 15) is 9.90 Å². The lowest BCUT2D eigenvalue weighted by Crippen LogP contribution is -2.46. The van der Waals surface area contributed by atoms with Gasteiger partial charge in [0.2, 0.25) is 0 Å². The van der Waals surface area contributed by atoms with Gasteiger partial charge in [0, 0.05) is 26.2 Å². The number of amides is 2. The largest absolute Gasteiger partial charge is 0.391 e. The maximum Gasteiger partial charge on any atom is 0.317 e. The molecule has 1 aromatic rings. The molecule has 1 aliphatic heterocycles. The van der Waals surface area contributed by atoms with Gasteiger partial charge in [0.15, 0.2) is 0 Å². The van der Waals surface area contributed by atoms with Crippen molar-refractivity contribution in [2.45, 2.75) is 45.4 Å². The Balaban J connectivity index is 1.86. The van der Waals surface area contributed by atoms with Gasteiger partial charge < -0.3 is 20.1 Å². The normalized spacial score (nSPS) is 18.3. The molecule has 0 bridgehead atoms. The Hall–Kier alpha value is -1.59. The molecule has 0 spiro atoms. The Morgan fingerprint density at radius 2 is 2.18 bits per heavy atom. The summed E-state index contributed by atoms with van der Waals surface area (Å²) in [6.45, 7) is 5.02. The highest BCUT2D eigenvalue weighted by Gasteiger charge is 2.21. The van der Waals surface area contributed by atoms with Crippen LogP contribution in [-0.4, -0.2) is 41.8 Å². The van der Waals surface area contributed by atoms with Crippen LogP contribution in [0.15, 0.2) is 24.3 Å². The lowest BCUT2D eigenvalue weighted by molar-refractivity contribution is 0.0841. The lowest BCUT2D eigenvalue weighted by atomic mass is 10.1. The number of urea groups is 1. The van der Waals surface area contributed by atoms with Gasteiger partial charge in [0.25, 0.3) is 0 Å². The zero-order valence-corrected chi connectivity index (χ0v) is 13.3. The van der Waals surface area contributed by atoms with Crippen LogP contribution in [0.5, 0.6) is 0 Å². The Bertz CT molecular complexity index is 479. The van der Waals surface area contributed by atoms with E-state index >= 15 is 0 Å². The van der Waals surface area contributed by atoms with Gasteiger partial charge in [-0.15, -0.1) is 0 Å². The summed E-state index contributed by atoms with van der Waals surface area (Å²) in [7, 11) is 0. The molecular formula is C17H26N2O3. The minimum atomic E-state index is -0.394. The number of hydrogen-bond acceptors (Lipinski definition) is 3. The highest BCUT2D eigenvalue weighted by molar-refractivity contribution is 5.74. The fourth-order valence-electron chi connectivity index (χ4n) is 2.62. The van der Waals surface area contributed by atoms with Gasteiger partial charge in [0.1, 0.15) is 0 Å². The van der Waals surface area contributed by atoms with Crippen LogP contribution in [0.1, 0.15) is 37.3 Å². The second-order valence-electron chi connectivity index (χ2n) is 5.72. The number of benzene rings is 1. The van der Waals surface area contributed by atoms with Crippen molar-refractivity contribution < 1.29 is 14.6 Å². The molecule has 1 aliphatic rings. The standard InChI is InChI=1S/C17H26N2O3/c1-2-10-22-13-15-7-4-3-6-14(15)11-18-17(21)19-9-5-8-16(20)12-19/h3-4,6-7,16,20H,2,5,8-13H2,1H3,(H,18,21). The van der Waals surface area contributed by atoms with Crippen molar-refractivity contribution in [1.82, 2.24) is 10.2 Å². The van der Waals surface area contributed by atoms with E-state index in [2.05, 4.69) is 12.2 Å². The summed E-state index contributed by atoms with van der Waals surface area (Å²) in [4.78, 5) is 13.8. The topological polar surface area (TPSA) is 61.8 Å². The molecule has 1 atom stereocenters. The monoisotopic (exact) mass is 306 g/mol. The van der Waals surface area contributed by atoms with Gasteiger partial charge in [-0.3, -0.25) is 0 Å². The molecule has 2 amide bonds. The van der Waals surface area contributed by atoms with E-state index in [1.54, 1.807) is 4.90 Å². The predicted octanol–water partition coefficient (Wildman–Crippen LogP) is 2.28. The van der Waals surface area contributed by atoms with E-state index in [4.69, 9.17) is 4.74 Å². The quantitative estimate of drug-likeness (QED) is 0.793. The van der Waals surface area contributed by atoms with Gasteiger partial charge >= 0.3 is 6.03 Å². The van der Waals surface area contributed by atoms with E-state index in [0.717, 1.165) is 37.0 Å². The van der Waals surface area contributed by atoms with Gasteiger partial charge in [0.05, 0.1) is 12.7 Å². The van der Waals surface area contributed by atoms with Crippen molar-refractivity contribution in [2.75, 3.05) is 19.7 Å². The van der Waals surface area contributed by atoms with E-state index in [1.807, 2.05) is 24.3 Å². The highest BCUT2D eigenvalue weighted by Crippen LogP contribution is 2.12. The fourth-order valence-corrected chi connectivity index (χ4v) is 2.62. The van der Waals surface area contributed by atoms with Crippen molar-refractivity contribution in [2.24, 2.45) is 0 Å². The van der Waals surface area contributed by atoms with Gasteiger partial charge in [-0.25, -0.2) is 4.79 Å². The van der Waals surface area contributed by atoms with Crippen LogP contribution >= 0.6 is 0 Å². The first-order chi connectivity index (χ1) is 10.7. The highest BCUT2D eigenvalue weighted by atomic mass is 16.5. The Morgan fingerprint density at radius 3 is 2.91 bits per heavy atom. The summed E-state index contributed by atoms with van der Waals surface area (Å²) in [5, 5.41) is 12.6. The van der Waals surface area contributed by atoms with E-state index < -0.39 is 6.10 Å². The molecule has 0 radical (unpaired) electrons. The Kier molecular flexibility index (Phi) is 6.68. The molecule has 122 valence electrons. The van der Waals surface area contributed by atoms with E-state index in [0.29, 0.717) is 26.2 Å². The van der Waals surface area contributed by atoms with Crippen molar-refractivity contribution in [3.63, 3.8) is 0 Å². The van der Waals surface area contributed by atoms with Crippen LogP contribution in [0.2, 0.25) is 0 Å². The molecule has 0 aliphatic carbocycles. The molecule has 1 aromatic carbocycles. The molecule has 2 N–H and O–H groups in total. The summed E-state index contributed by atoms with van der Waals surface area (Å²) >= 11 is 0. The van der Waals surface area contributed by atoms with Crippen molar-refractivity contribution in [3.05, 3.63) is 35.4 Å². The van der Waals surface area contributed by atoms with E-state index in [-0.39, 0.29) is 6.03 Å². The number of hydrogen-bond donors (Lipinski definition) is 2. The van der Waals surface area contributed by atoms with Crippen LogP contribution < -0.4 is 5.32 Å². The number of aliphatic hydroxyl groups is 1. The third-order valence-corrected chi connectivity index (χ3v) is 3.84. The number of piperidine rings is 1. The van der Waals surface area contributed by atoms with Gasteiger partial charge in [-0.2, -0.15) is 0 Å². The minimum absolute atomic E-state index is 0.108. The number of likely N-dealkylation sites (tertiary alicyclic amines) is 1. The van der Waals surface area contributed by atoms with Crippen molar-refractivity contribution in [3.8, 4) is 0 Å². The number of rotatable bonds is 6. The molecule has 22 heavy (non-hydrogen) atoms. The smallest absolute Gasteiger partial charge is 0.317 e. The predicted molar refractivity (Wildman–Crippen MR) is 85.4 cm³/mol. The van der Waals surface area contributed by atoms with Crippen LogP contribution in [0.25, 0.3) is 0 Å². The van der Waals surface area contributed by atoms with Crippen LogP contribution in [-0.2, 0) is 17.9 Å². The third-order valence-electron chi connectivity index (χ3n) is 3.84. The molecule has 0 aromatic heterocycles. The van der Waals surface area contributed by atoms with Crippen molar-refractivity contribution in [1.29, 1.82) is 0 Å². The zero-order chi connectivity index (χ0) is 15.8. The SMILES string of the molecule is CCCOCc1ccccc1CNC(=O)N1CCCC(O)C1. The number of carbonyl (C=O) groups excluding carboxylic acids is 1. The van der Waals surface area contributed by atoms with Crippen LogP contribution in [0, 0.1) is 0 Å². The number of aliphatic hydroxyl groups excluding tert-OH is 1. The Labute approximate surface area is 132 Å². The van der Waals surface area contributed by atoms with Crippen molar-refractivity contribution >= 4 is 6.03 Å². The average Bonchev–Trinajstić information content (AvgIpc) is 2.54. The van der Waals surface area contributed by atoms with Gasteiger partial charge in [-0.05, 0) is 30.4 Å². The number of ether oxygens (including phenoxy) is 1. The summed E-state index contributed by atoms with van der Waals surface area (Å²) < 4.78 is 5.59. The molecule has 2 rings (SSSR count). The van der Waals surface area contributed by atoms with E-state index in [1.165, 1.54) is 0 Å². The maximum absolute atomic E-state index is 12.2. The first-order valence-corrected chi connectivity index (χ1v) is 8.06. The molecule has 1 fully saturated rings. The molecule has 1 saturated heterocycles. The first-order valence-electron chi connectivity index (χ1n) is 8.06. The second-order valence-corrected chi connectivity index (χ2v) is 5.72. The lowest BCUT2D eigenvalue weighted by Gasteiger charge is -2.30. The Morgan fingerprint density at radius 1 is 1.41 bits per heavy atom. The molecule has 5 nitrogen and oxygen atoms in total. The fraction of sp³-hybridized carbons (Fsp3) is 0.588.